The predicted molar refractivity (Wildman–Crippen MR) is 91.1 cm³/mol. The van der Waals surface area contributed by atoms with Crippen molar-refractivity contribution in [3.8, 4) is 5.69 Å². The second-order valence-electron chi connectivity index (χ2n) is 5.48. The summed E-state index contributed by atoms with van der Waals surface area (Å²) in [6.45, 7) is 7.01. The Labute approximate surface area is 136 Å². The van der Waals surface area contributed by atoms with E-state index < -0.39 is 0 Å². The minimum absolute atomic E-state index is 0.0163. The fourth-order valence-electron chi connectivity index (χ4n) is 2.43. The SMILES string of the molecule is CCCCN(CC)C(=O)c1nn(-c2ccccc2)c(C)cc1=O. The van der Waals surface area contributed by atoms with E-state index in [0.717, 1.165) is 18.5 Å². The van der Waals surface area contributed by atoms with Gasteiger partial charge in [-0.25, -0.2) is 4.68 Å². The number of aromatic nitrogens is 2. The smallest absolute Gasteiger partial charge is 0.278 e. The average Bonchev–Trinajstić information content (AvgIpc) is 2.56. The van der Waals surface area contributed by atoms with Gasteiger partial charge in [-0.05, 0) is 32.4 Å². The van der Waals surface area contributed by atoms with E-state index in [1.54, 1.807) is 9.58 Å². The van der Waals surface area contributed by atoms with Gasteiger partial charge < -0.3 is 4.90 Å². The Kier molecular flexibility index (Phi) is 5.68. The summed E-state index contributed by atoms with van der Waals surface area (Å²) in [5.41, 5.74) is 1.19. The van der Waals surface area contributed by atoms with E-state index in [0.29, 0.717) is 18.8 Å². The predicted octanol–water partition coefficient (Wildman–Crippen LogP) is 2.80. The molecule has 0 spiro atoms. The molecule has 0 fully saturated rings. The highest BCUT2D eigenvalue weighted by atomic mass is 16.2. The molecule has 2 rings (SSSR count). The van der Waals surface area contributed by atoms with Crippen molar-refractivity contribution < 1.29 is 4.79 Å². The number of amides is 1. The summed E-state index contributed by atoms with van der Waals surface area (Å²) in [5.74, 6) is -0.296. The van der Waals surface area contributed by atoms with E-state index in [1.165, 1.54) is 6.07 Å². The summed E-state index contributed by atoms with van der Waals surface area (Å²) in [7, 11) is 0. The lowest BCUT2D eigenvalue weighted by atomic mass is 10.2. The van der Waals surface area contributed by atoms with Gasteiger partial charge in [-0.2, -0.15) is 5.10 Å². The Hall–Kier alpha value is -2.43. The van der Waals surface area contributed by atoms with Gasteiger partial charge in [-0.3, -0.25) is 9.59 Å². The molecule has 1 heterocycles. The van der Waals surface area contributed by atoms with Crippen molar-refractivity contribution in [1.82, 2.24) is 14.7 Å². The molecule has 0 atom stereocenters. The van der Waals surface area contributed by atoms with E-state index in [1.807, 2.05) is 44.2 Å². The molecule has 1 amide bonds. The molecule has 0 saturated heterocycles. The van der Waals surface area contributed by atoms with E-state index in [4.69, 9.17) is 0 Å². The first kappa shape index (κ1) is 16.9. The molecule has 0 aliphatic heterocycles. The zero-order chi connectivity index (χ0) is 16.8. The molecule has 5 nitrogen and oxygen atoms in total. The number of benzene rings is 1. The van der Waals surface area contributed by atoms with E-state index in [-0.39, 0.29) is 17.0 Å². The number of hydrogen-bond donors (Lipinski definition) is 0. The maximum Gasteiger partial charge on any atom is 0.278 e. The molecule has 0 aliphatic carbocycles. The monoisotopic (exact) mass is 313 g/mol. The Balaban J connectivity index is 2.43. The topological polar surface area (TPSA) is 55.2 Å². The molecule has 0 saturated carbocycles. The van der Waals surface area contributed by atoms with Crippen LogP contribution in [0.4, 0.5) is 0 Å². The van der Waals surface area contributed by atoms with Gasteiger partial charge in [0.05, 0.1) is 5.69 Å². The number of rotatable bonds is 6. The zero-order valence-corrected chi connectivity index (χ0v) is 14.0. The molecule has 0 aliphatic rings. The van der Waals surface area contributed by atoms with Crippen molar-refractivity contribution in [2.45, 2.75) is 33.6 Å². The van der Waals surface area contributed by atoms with Crippen molar-refractivity contribution in [2.75, 3.05) is 13.1 Å². The molecule has 0 unspecified atom stereocenters. The third-order valence-corrected chi connectivity index (χ3v) is 3.76. The molecule has 5 heteroatoms. The van der Waals surface area contributed by atoms with Crippen LogP contribution in [0.25, 0.3) is 5.69 Å². The van der Waals surface area contributed by atoms with Crippen molar-refractivity contribution in [2.24, 2.45) is 0 Å². The Morgan fingerprint density at radius 1 is 1.22 bits per heavy atom. The van der Waals surface area contributed by atoms with Gasteiger partial charge in [-0.15, -0.1) is 0 Å². The Morgan fingerprint density at radius 3 is 2.52 bits per heavy atom. The number of aryl methyl sites for hydroxylation is 1. The van der Waals surface area contributed by atoms with Crippen LogP contribution >= 0.6 is 0 Å². The first-order chi connectivity index (χ1) is 11.1. The van der Waals surface area contributed by atoms with Crippen LogP contribution < -0.4 is 5.43 Å². The van der Waals surface area contributed by atoms with Gasteiger partial charge in [0, 0.05) is 24.8 Å². The van der Waals surface area contributed by atoms with E-state index in [9.17, 15) is 9.59 Å². The van der Waals surface area contributed by atoms with Crippen LogP contribution in [-0.2, 0) is 0 Å². The van der Waals surface area contributed by atoms with Crippen molar-refractivity contribution in [3.05, 3.63) is 58.0 Å². The van der Waals surface area contributed by atoms with Gasteiger partial charge in [0.2, 0.25) is 5.43 Å². The minimum atomic E-state index is -0.324. The molecule has 0 bridgehead atoms. The van der Waals surface area contributed by atoms with Crippen molar-refractivity contribution >= 4 is 5.91 Å². The summed E-state index contributed by atoms with van der Waals surface area (Å²) in [6.07, 6.45) is 1.91. The number of nitrogens with zero attached hydrogens (tertiary/aromatic N) is 3. The maximum absolute atomic E-state index is 12.6. The summed E-state index contributed by atoms with van der Waals surface area (Å²) in [4.78, 5) is 26.6. The lowest BCUT2D eigenvalue weighted by Gasteiger charge is -2.20. The highest BCUT2D eigenvalue weighted by molar-refractivity contribution is 5.92. The number of carbonyl (C=O) groups excluding carboxylic acids is 1. The number of hydrogen-bond acceptors (Lipinski definition) is 3. The van der Waals surface area contributed by atoms with Gasteiger partial charge in [0.15, 0.2) is 5.69 Å². The Morgan fingerprint density at radius 2 is 1.91 bits per heavy atom. The van der Waals surface area contributed by atoms with Crippen molar-refractivity contribution in [3.63, 3.8) is 0 Å². The van der Waals surface area contributed by atoms with Gasteiger partial charge in [-0.1, -0.05) is 31.5 Å². The van der Waals surface area contributed by atoms with Crippen LogP contribution in [0.5, 0.6) is 0 Å². The van der Waals surface area contributed by atoms with Crippen LogP contribution in [0.15, 0.2) is 41.2 Å². The molecule has 1 aromatic heterocycles. The fraction of sp³-hybridized carbons (Fsp3) is 0.389. The van der Waals surface area contributed by atoms with E-state index >= 15 is 0 Å². The summed E-state index contributed by atoms with van der Waals surface area (Å²) < 4.78 is 1.64. The minimum Gasteiger partial charge on any atom is -0.337 e. The van der Waals surface area contributed by atoms with Crippen LogP contribution in [0.1, 0.15) is 42.9 Å². The molecular weight excluding hydrogens is 290 g/mol. The molecule has 0 N–H and O–H groups in total. The molecule has 23 heavy (non-hydrogen) atoms. The third kappa shape index (κ3) is 3.86. The van der Waals surface area contributed by atoms with Crippen molar-refractivity contribution in [1.29, 1.82) is 0 Å². The van der Waals surface area contributed by atoms with Gasteiger partial charge in [0.25, 0.3) is 5.91 Å². The lowest BCUT2D eigenvalue weighted by molar-refractivity contribution is 0.0753. The summed E-state index contributed by atoms with van der Waals surface area (Å²) in [6, 6.07) is 11.0. The average molecular weight is 313 g/mol. The molecule has 2 aromatic rings. The lowest BCUT2D eigenvalue weighted by Crippen LogP contribution is -2.36. The molecular formula is C18H23N3O2. The molecule has 0 radical (unpaired) electrons. The van der Waals surface area contributed by atoms with E-state index in [2.05, 4.69) is 12.0 Å². The largest absolute Gasteiger partial charge is 0.337 e. The number of para-hydroxylation sites is 1. The second kappa shape index (κ2) is 7.72. The quantitative estimate of drug-likeness (QED) is 0.824. The summed E-state index contributed by atoms with van der Waals surface area (Å²) >= 11 is 0. The van der Waals surface area contributed by atoms with Crippen LogP contribution in [-0.4, -0.2) is 33.7 Å². The number of unbranched alkanes of at least 4 members (excludes halogenated alkanes) is 1. The standard InChI is InChI=1S/C18H23N3O2/c1-4-6-12-20(5-2)18(23)17-16(22)13-14(3)21(19-17)15-10-8-7-9-11-15/h7-11,13H,4-6,12H2,1-3H3. The highest BCUT2D eigenvalue weighted by Gasteiger charge is 2.20. The highest BCUT2D eigenvalue weighted by Crippen LogP contribution is 2.09. The maximum atomic E-state index is 12.6. The first-order valence-electron chi connectivity index (χ1n) is 8.04. The fourth-order valence-corrected chi connectivity index (χ4v) is 2.43. The Bertz CT molecular complexity index is 723. The number of carbonyl (C=O) groups is 1. The normalized spacial score (nSPS) is 10.6. The van der Waals surface area contributed by atoms with Gasteiger partial charge in [0.1, 0.15) is 0 Å². The second-order valence-corrected chi connectivity index (χ2v) is 5.48. The van der Waals surface area contributed by atoms with Gasteiger partial charge >= 0.3 is 0 Å². The zero-order valence-electron chi connectivity index (χ0n) is 14.0. The third-order valence-electron chi connectivity index (χ3n) is 3.76. The molecule has 122 valence electrons. The van der Waals surface area contributed by atoms with Crippen LogP contribution in [0.3, 0.4) is 0 Å². The first-order valence-corrected chi connectivity index (χ1v) is 8.04. The van der Waals surface area contributed by atoms with Crippen LogP contribution in [0.2, 0.25) is 0 Å². The molecule has 1 aromatic carbocycles. The summed E-state index contributed by atoms with van der Waals surface area (Å²) in [5, 5.41) is 4.33. The van der Waals surface area contributed by atoms with Crippen LogP contribution in [0, 0.1) is 6.92 Å².